The van der Waals surface area contributed by atoms with Crippen molar-refractivity contribution < 1.29 is 17.5 Å². The highest BCUT2D eigenvalue weighted by Gasteiger charge is 2.25. The van der Waals surface area contributed by atoms with E-state index in [9.17, 15) is 12.8 Å². The Balaban J connectivity index is 2.86. The number of sulfonamides is 1. The number of nitrogens with one attached hydrogen (secondary N) is 1. The predicted octanol–water partition coefficient (Wildman–Crippen LogP) is 2.31. The third-order valence-electron chi connectivity index (χ3n) is 1.87. The standard InChI is InChI=1S/C11H18FNO3S2/c1-11(2,3)13-18(14,15)10-9(4-7-17-10)8-16-6-5-12/h4,7,13H,5-6,8H2,1-3H3. The molecule has 0 aliphatic heterocycles. The van der Waals surface area contributed by atoms with Crippen LogP contribution in [0.4, 0.5) is 4.39 Å². The Kier molecular flexibility index (Phi) is 5.27. The van der Waals surface area contributed by atoms with Crippen molar-refractivity contribution in [3.8, 4) is 0 Å². The second kappa shape index (κ2) is 6.10. The lowest BCUT2D eigenvalue weighted by Crippen LogP contribution is -2.40. The summed E-state index contributed by atoms with van der Waals surface area (Å²) in [6.45, 7) is 4.83. The van der Waals surface area contributed by atoms with Crippen molar-refractivity contribution >= 4 is 21.4 Å². The highest BCUT2D eigenvalue weighted by atomic mass is 32.2. The second-order valence-corrected chi connectivity index (χ2v) is 7.62. The zero-order valence-electron chi connectivity index (χ0n) is 10.7. The van der Waals surface area contributed by atoms with E-state index < -0.39 is 22.2 Å². The molecule has 0 unspecified atom stereocenters. The Bertz CT molecular complexity index is 477. The first-order chi connectivity index (χ1) is 8.26. The van der Waals surface area contributed by atoms with Gasteiger partial charge in [0.15, 0.2) is 0 Å². The second-order valence-electron chi connectivity index (χ2n) is 4.83. The number of hydrogen-bond donors (Lipinski definition) is 1. The molecule has 0 fully saturated rings. The first-order valence-electron chi connectivity index (χ1n) is 5.50. The van der Waals surface area contributed by atoms with Gasteiger partial charge in [-0.1, -0.05) is 0 Å². The van der Waals surface area contributed by atoms with Gasteiger partial charge in [-0.3, -0.25) is 0 Å². The molecule has 0 saturated carbocycles. The Morgan fingerprint density at radius 3 is 2.67 bits per heavy atom. The Morgan fingerprint density at radius 2 is 2.11 bits per heavy atom. The molecule has 4 nitrogen and oxygen atoms in total. The first-order valence-corrected chi connectivity index (χ1v) is 7.86. The van der Waals surface area contributed by atoms with Crippen LogP contribution in [0.25, 0.3) is 0 Å². The van der Waals surface area contributed by atoms with Crippen LogP contribution in [0.5, 0.6) is 0 Å². The van der Waals surface area contributed by atoms with Crippen LogP contribution < -0.4 is 4.72 Å². The van der Waals surface area contributed by atoms with E-state index in [0.717, 1.165) is 11.3 Å². The lowest BCUT2D eigenvalue weighted by molar-refractivity contribution is 0.105. The Morgan fingerprint density at radius 1 is 1.44 bits per heavy atom. The summed E-state index contributed by atoms with van der Waals surface area (Å²) >= 11 is 1.13. The highest BCUT2D eigenvalue weighted by molar-refractivity contribution is 7.91. The molecule has 0 radical (unpaired) electrons. The van der Waals surface area contributed by atoms with Crippen LogP contribution in [-0.4, -0.2) is 27.2 Å². The molecule has 0 spiro atoms. The average molecular weight is 295 g/mol. The van der Waals surface area contributed by atoms with Gasteiger partial charge in [0.1, 0.15) is 10.9 Å². The van der Waals surface area contributed by atoms with Gasteiger partial charge >= 0.3 is 0 Å². The Hall–Kier alpha value is -0.500. The molecule has 0 bridgehead atoms. The molecule has 0 amide bonds. The fourth-order valence-electron chi connectivity index (χ4n) is 1.35. The quantitative estimate of drug-likeness (QED) is 0.819. The summed E-state index contributed by atoms with van der Waals surface area (Å²) in [6, 6.07) is 1.68. The number of halogens is 1. The predicted molar refractivity (Wildman–Crippen MR) is 70.0 cm³/mol. The van der Waals surface area contributed by atoms with Gasteiger partial charge in [0.25, 0.3) is 10.0 Å². The molecule has 0 aliphatic carbocycles. The first kappa shape index (κ1) is 15.6. The molecule has 104 valence electrons. The summed E-state index contributed by atoms with van der Waals surface area (Å²) < 4.78 is 44.0. The summed E-state index contributed by atoms with van der Waals surface area (Å²) in [5.74, 6) is 0. The topological polar surface area (TPSA) is 55.4 Å². The molecule has 18 heavy (non-hydrogen) atoms. The van der Waals surface area contributed by atoms with Crippen molar-refractivity contribution in [2.75, 3.05) is 13.3 Å². The van der Waals surface area contributed by atoms with E-state index in [-0.39, 0.29) is 17.4 Å². The Labute approximate surface area is 111 Å². The summed E-state index contributed by atoms with van der Waals surface area (Å²) in [7, 11) is -3.55. The van der Waals surface area contributed by atoms with Crippen molar-refractivity contribution in [2.45, 2.75) is 37.1 Å². The summed E-state index contributed by atoms with van der Waals surface area (Å²) in [5, 5.41) is 1.69. The molecule has 0 saturated heterocycles. The summed E-state index contributed by atoms with van der Waals surface area (Å²) in [5.41, 5.74) is 0.0186. The minimum Gasteiger partial charge on any atom is -0.374 e. The fraction of sp³-hybridized carbons (Fsp3) is 0.636. The van der Waals surface area contributed by atoms with Gasteiger partial charge in [0.2, 0.25) is 0 Å². The molecule has 1 N–H and O–H groups in total. The maximum Gasteiger partial charge on any atom is 0.250 e. The third kappa shape index (κ3) is 4.64. The number of alkyl halides is 1. The van der Waals surface area contributed by atoms with Crippen LogP contribution in [0, 0.1) is 0 Å². The largest absolute Gasteiger partial charge is 0.374 e. The molecular weight excluding hydrogens is 277 g/mol. The fourth-order valence-corrected chi connectivity index (χ4v) is 4.15. The van der Waals surface area contributed by atoms with E-state index in [1.54, 1.807) is 32.2 Å². The van der Waals surface area contributed by atoms with Gasteiger partial charge < -0.3 is 4.74 Å². The van der Waals surface area contributed by atoms with Crippen molar-refractivity contribution in [3.05, 3.63) is 17.0 Å². The average Bonchev–Trinajstić information content (AvgIpc) is 2.63. The highest BCUT2D eigenvalue weighted by Crippen LogP contribution is 2.24. The van der Waals surface area contributed by atoms with Crippen LogP contribution in [0.2, 0.25) is 0 Å². The molecule has 1 heterocycles. The van der Waals surface area contributed by atoms with Crippen molar-refractivity contribution in [1.82, 2.24) is 4.72 Å². The van der Waals surface area contributed by atoms with E-state index in [0.29, 0.717) is 5.56 Å². The van der Waals surface area contributed by atoms with Crippen molar-refractivity contribution in [3.63, 3.8) is 0 Å². The maximum absolute atomic E-state index is 12.1. The third-order valence-corrected chi connectivity index (χ3v) is 5.20. The van der Waals surface area contributed by atoms with E-state index in [1.165, 1.54) is 0 Å². The summed E-state index contributed by atoms with van der Waals surface area (Å²) in [4.78, 5) is 0. The summed E-state index contributed by atoms with van der Waals surface area (Å²) in [6.07, 6.45) is 0. The molecule has 0 aliphatic rings. The van der Waals surface area contributed by atoms with E-state index >= 15 is 0 Å². The molecule has 0 atom stereocenters. The van der Waals surface area contributed by atoms with Crippen LogP contribution in [-0.2, 0) is 21.4 Å². The smallest absolute Gasteiger partial charge is 0.250 e. The van der Waals surface area contributed by atoms with Crippen LogP contribution in [0.1, 0.15) is 26.3 Å². The molecule has 1 aromatic heterocycles. The van der Waals surface area contributed by atoms with Crippen molar-refractivity contribution in [1.29, 1.82) is 0 Å². The van der Waals surface area contributed by atoms with E-state index in [1.807, 2.05) is 0 Å². The zero-order chi connectivity index (χ0) is 13.8. The molecule has 0 aromatic carbocycles. The number of thiophene rings is 1. The molecular formula is C11H18FNO3S2. The molecule has 7 heteroatoms. The molecule has 1 aromatic rings. The zero-order valence-corrected chi connectivity index (χ0v) is 12.3. The van der Waals surface area contributed by atoms with Crippen LogP contribution >= 0.6 is 11.3 Å². The maximum atomic E-state index is 12.1. The van der Waals surface area contributed by atoms with Gasteiger partial charge in [-0.05, 0) is 32.2 Å². The molecule has 1 rings (SSSR count). The van der Waals surface area contributed by atoms with Gasteiger partial charge in [0, 0.05) is 11.1 Å². The van der Waals surface area contributed by atoms with Gasteiger partial charge in [-0.2, -0.15) is 0 Å². The minimum atomic E-state index is -3.55. The normalized spacial score (nSPS) is 12.9. The lowest BCUT2D eigenvalue weighted by atomic mass is 10.1. The van der Waals surface area contributed by atoms with Crippen LogP contribution in [0.15, 0.2) is 15.7 Å². The van der Waals surface area contributed by atoms with Gasteiger partial charge in [-0.25, -0.2) is 17.5 Å². The van der Waals surface area contributed by atoms with Gasteiger partial charge in [-0.15, -0.1) is 11.3 Å². The SMILES string of the molecule is CC(C)(C)NS(=O)(=O)c1sccc1COCCF. The number of hydrogen-bond acceptors (Lipinski definition) is 4. The van der Waals surface area contributed by atoms with E-state index in [2.05, 4.69) is 4.72 Å². The minimum absolute atomic E-state index is 0.0258. The van der Waals surface area contributed by atoms with Gasteiger partial charge in [0.05, 0.1) is 13.2 Å². The number of ether oxygens (including phenoxy) is 1. The van der Waals surface area contributed by atoms with Crippen molar-refractivity contribution in [2.24, 2.45) is 0 Å². The lowest BCUT2D eigenvalue weighted by Gasteiger charge is -2.20. The number of rotatable bonds is 6. The monoisotopic (exact) mass is 295 g/mol. The van der Waals surface area contributed by atoms with Crippen LogP contribution in [0.3, 0.4) is 0 Å². The van der Waals surface area contributed by atoms with E-state index in [4.69, 9.17) is 4.74 Å².